The van der Waals surface area contributed by atoms with Gasteiger partial charge in [0.15, 0.2) is 0 Å². The number of piperidine rings is 1. The molecule has 3 heteroatoms. The van der Waals surface area contributed by atoms with Crippen LogP contribution in [-0.4, -0.2) is 36.5 Å². The second-order valence-corrected chi connectivity index (χ2v) is 5.94. The first kappa shape index (κ1) is 12.9. The Hall–Kier alpha value is -0.570. The van der Waals surface area contributed by atoms with Crippen molar-refractivity contribution in [1.82, 2.24) is 10.2 Å². The summed E-state index contributed by atoms with van der Waals surface area (Å²) < 4.78 is 0. The molecule has 2 rings (SSSR count). The molecule has 1 aliphatic carbocycles. The number of rotatable bonds is 2. The minimum Gasteiger partial charge on any atom is -0.338 e. The van der Waals surface area contributed by atoms with Crippen LogP contribution in [0.15, 0.2) is 0 Å². The molecule has 0 radical (unpaired) electrons. The summed E-state index contributed by atoms with van der Waals surface area (Å²) in [5, 5.41) is 3.15. The van der Waals surface area contributed by atoms with Crippen LogP contribution in [0.3, 0.4) is 0 Å². The first-order valence-corrected chi connectivity index (χ1v) is 7.11. The van der Waals surface area contributed by atoms with Crippen LogP contribution < -0.4 is 5.32 Å². The van der Waals surface area contributed by atoms with Crippen molar-refractivity contribution in [3.8, 4) is 0 Å². The van der Waals surface area contributed by atoms with Gasteiger partial charge in [-0.05, 0) is 51.0 Å². The van der Waals surface area contributed by atoms with Crippen LogP contribution in [0.2, 0.25) is 0 Å². The Morgan fingerprint density at radius 1 is 1.18 bits per heavy atom. The molecular weight excluding hydrogens is 212 g/mol. The molecule has 0 aromatic rings. The number of hydrogen-bond donors (Lipinski definition) is 1. The minimum absolute atomic E-state index is 0.0680. The number of likely N-dealkylation sites (tertiary alicyclic amines) is 1. The summed E-state index contributed by atoms with van der Waals surface area (Å²) in [5.41, 5.74) is 0. The fourth-order valence-electron chi connectivity index (χ4n) is 3.33. The maximum absolute atomic E-state index is 12.3. The van der Waals surface area contributed by atoms with Gasteiger partial charge in [-0.15, -0.1) is 0 Å². The molecule has 1 N–H and O–H groups in total. The average molecular weight is 238 g/mol. The summed E-state index contributed by atoms with van der Waals surface area (Å²) in [7, 11) is 1.90. The number of carbonyl (C=O) groups excluding carboxylic acids is 1. The topological polar surface area (TPSA) is 32.3 Å². The van der Waals surface area contributed by atoms with Crippen molar-refractivity contribution in [2.24, 2.45) is 11.8 Å². The summed E-state index contributed by atoms with van der Waals surface area (Å²) >= 11 is 0. The largest absolute Gasteiger partial charge is 0.338 e. The molecule has 4 unspecified atom stereocenters. The van der Waals surface area contributed by atoms with E-state index >= 15 is 0 Å². The van der Waals surface area contributed by atoms with Crippen LogP contribution in [0.5, 0.6) is 0 Å². The van der Waals surface area contributed by atoms with E-state index in [1.165, 1.54) is 19.3 Å². The third kappa shape index (κ3) is 2.65. The van der Waals surface area contributed by atoms with Crippen LogP contribution in [0.1, 0.15) is 46.0 Å². The summed E-state index contributed by atoms with van der Waals surface area (Å²) in [4.78, 5) is 14.5. The van der Waals surface area contributed by atoms with E-state index in [-0.39, 0.29) is 6.04 Å². The van der Waals surface area contributed by atoms with Gasteiger partial charge in [0.05, 0.1) is 6.04 Å². The summed E-state index contributed by atoms with van der Waals surface area (Å²) in [5.74, 6) is 1.92. The summed E-state index contributed by atoms with van der Waals surface area (Å²) in [6.45, 7) is 5.65. The molecule has 0 spiro atoms. The highest BCUT2D eigenvalue weighted by molar-refractivity contribution is 5.82. The first-order chi connectivity index (χ1) is 8.13. The standard InChI is InChI=1S/C14H26N2O/c1-10-6-7-12(9-11(10)2)16-8-4-5-13(15-3)14(16)17/h10-13,15H,4-9H2,1-3H3. The number of hydrogen-bond acceptors (Lipinski definition) is 2. The maximum atomic E-state index is 12.3. The third-order valence-electron chi connectivity index (χ3n) is 4.83. The van der Waals surface area contributed by atoms with Crippen molar-refractivity contribution in [1.29, 1.82) is 0 Å². The van der Waals surface area contributed by atoms with Crippen LogP contribution >= 0.6 is 0 Å². The van der Waals surface area contributed by atoms with E-state index in [4.69, 9.17) is 0 Å². The quantitative estimate of drug-likeness (QED) is 0.798. The van der Waals surface area contributed by atoms with Crippen LogP contribution in [-0.2, 0) is 4.79 Å². The van der Waals surface area contributed by atoms with Crippen molar-refractivity contribution >= 4 is 5.91 Å². The molecule has 1 saturated carbocycles. The maximum Gasteiger partial charge on any atom is 0.239 e. The number of amides is 1. The number of nitrogens with one attached hydrogen (secondary N) is 1. The smallest absolute Gasteiger partial charge is 0.239 e. The molecule has 0 bridgehead atoms. The zero-order valence-electron chi connectivity index (χ0n) is 11.4. The van der Waals surface area contributed by atoms with Gasteiger partial charge in [0, 0.05) is 12.6 Å². The van der Waals surface area contributed by atoms with E-state index in [2.05, 4.69) is 24.1 Å². The zero-order valence-corrected chi connectivity index (χ0v) is 11.4. The Kier molecular flexibility index (Phi) is 4.08. The van der Waals surface area contributed by atoms with Gasteiger partial charge in [0.25, 0.3) is 0 Å². The molecule has 1 aliphatic heterocycles. The summed E-state index contributed by atoms with van der Waals surface area (Å²) in [6, 6.07) is 0.572. The molecule has 2 fully saturated rings. The van der Waals surface area contributed by atoms with Crippen molar-refractivity contribution in [2.45, 2.75) is 58.0 Å². The molecule has 1 amide bonds. The molecule has 0 aromatic carbocycles. The lowest BCUT2D eigenvalue weighted by Gasteiger charge is -2.42. The second-order valence-electron chi connectivity index (χ2n) is 5.94. The van der Waals surface area contributed by atoms with Gasteiger partial charge in [0.2, 0.25) is 5.91 Å². The summed E-state index contributed by atoms with van der Waals surface area (Å²) in [6.07, 6.45) is 5.83. The van der Waals surface area contributed by atoms with E-state index in [0.29, 0.717) is 11.9 Å². The van der Waals surface area contributed by atoms with Crippen molar-refractivity contribution in [3.63, 3.8) is 0 Å². The first-order valence-electron chi connectivity index (χ1n) is 7.11. The predicted octanol–water partition coefficient (Wildman–Crippen LogP) is 2.02. The van der Waals surface area contributed by atoms with Gasteiger partial charge in [-0.3, -0.25) is 4.79 Å². The Morgan fingerprint density at radius 2 is 1.94 bits per heavy atom. The Bertz CT molecular complexity index is 279. The molecule has 17 heavy (non-hydrogen) atoms. The fraction of sp³-hybridized carbons (Fsp3) is 0.929. The van der Waals surface area contributed by atoms with Gasteiger partial charge in [0.1, 0.15) is 0 Å². The van der Waals surface area contributed by atoms with E-state index in [9.17, 15) is 4.79 Å². The van der Waals surface area contributed by atoms with Crippen LogP contribution in [0.4, 0.5) is 0 Å². The Morgan fingerprint density at radius 3 is 2.59 bits per heavy atom. The predicted molar refractivity (Wildman–Crippen MR) is 69.8 cm³/mol. The van der Waals surface area contributed by atoms with Gasteiger partial charge in [-0.1, -0.05) is 13.8 Å². The highest BCUT2D eigenvalue weighted by Gasteiger charge is 2.35. The third-order valence-corrected chi connectivity index (χ3v) is 4.83. The molecule has 1 heterocycles. The molecular formula is C14H26N2O. The van der Waals surface area contributed by atoms with E-state index in [0.717, 1.165) is 31.2 Å². The number of nitrogens with zero attached hydrogens (tertiary/aromatic N) is 1. The van der Waals surface area contributed by atoms with E-state index < -0.39 is 0 Å². The zero-order chi connectivity index (χ0) is 12.4. The van der Waals surface area contributed by atoms with Crippen molar-refractivity contribution in [2.75, 3.05) is 13.6 Å². The molecule has 98 valence electrons. The van der Waals surface area contributed by atoms with E-state index in [1.807, 2.05) is 7.05 Å². The second kappa shape index (κ2) is 5.38. The lowest BCUT2D eigenvalue weighted by molar-refractivity contribution is -0.139. The van der Waals surface area contributed by atoms with E-state index in [1.54, 1.807) is 0 Å². The Balaban J connectivity index is 1.99. The normalized spacial score (nSPS) is 39.5. The molecule has 3 nitrogen and oxygen atoms in total. The number of likely N-dealkylation sites (N-methyl/N-ethyl adjacent to an activating group) is 1. The highest BCUT2D eigenvalue weighted by Crippen LogP contribution is 2.33. The lowest BCUT2D eigenvalue weighted by Crippen LogP contribution is -2.54. The van der Waals surface area contributed by atoms with Gasteiger partial charge >= 0.3 is 0 Å². The van der Waals surface area contributed by atoms with Gasteiger partial charge < -0.3 is 10.2 Å². The highest BCUT2D eigenvalue weighted by atomic mass is 16.2. The van der Waals surface area contributed by atoms with Crippen LogP contribution in [0, 0.1) is 11.8 Å². The van der Waals surface area contributed by atoms with Crippen molar-refractivity contribution in [3.05, 3.63) is 0 Å². The van der Waals surface area contributed by atoms with Gasteiger partial charge in [-0.25, -0.2) is 0 Å². The molecule has 1 saturated heterocycles. The van der Waals surface area contributed by atoms with Gasteiger partial charge in [-0.2, -0.15) is 0 Å². The monoisotopic (exact) mass is 238 g/mol. The molecule has 4 atom stereocenters. The average Bonchev–Trinajstić information content (AvgIpc) is 2.33. The molecule has 0 aromatic heterocycles. The lowest BCUT2D eigenvalue weighted by atomic mass is 9.78. The minimum atomic E-state index is 0.0680. The van der Waals surface area contributed by atoms with Crippen molar-refractivity contribution < 1.29 is 4.79 Å². The molecule has 2 aliphatic rings. The fourth-order valence-corrected chi connectivity index (χ4v) is 3.33. The number of carbonyl (C=O) groups is 1. The van der Waals surface area contributed by atoms with Crippen LogP contribution in [0.25, 0.3) is 0 Å². The SMILES string of the molecule is CNC1CCCN(C2CCC(C)C(C)C2)C1=O. The Labute approximate surface area is 105 Å².